The summed E-state index contributed by atoms with van der Waals surface area (Å²) in [6, 6.07) is 31.1. The standard InChI is InChI=1S/C30H26N4O2/c1-20-12-15-27(21(2)16-20)34-28(18-26(33-34)23-9-4-3-5-10-23)32-29(35)19-31-30(36)25-14-13-22-8-6-7-11-24(22)17-25/h3-18H,19H2,1-2H3,(H,31,36)(H,32,35). The number of carbonyl (C=O) groups excluding carboxylic acids is 2. The van der Waals surface area contributed by atoms with Crippen molar-refractivity contribution in [3.63, 3.8) is 0 Å². The van der Waals surface area contributed by atoms with E-state index in [1.54, 1.807) is 10.7 Å². The summed E-state index contributed by atoms with van der Waals surface area (Å²) in [5.41, 5.74) is 5.25. The van der Waals surface area contributed by atoms with Crippen molar-refractivity contribution in [3.05, 3.63) is 114 Å². The van der Waals surface area contributed by atoms with Crippen molar-refractivity contribution in [2.24, 2.45) is 0 Å². The van der Waals surface area contributed by atoms with Gasteiger partial charge in [0.2, 0.25) is 5.91 Å². The maximum absolute atomic E-state index is 12.9. The average Bonchev–Trinajstić information content (AvgIpc) is 3.30. The number of rotatable bonds is 6. The van der Waals surface area contributed by atoms with E-state index in [1.165, 1.54) is 0 Å². The van der Waals surface area contributed by atoms with Gasteiger partial charge in [-0.25, -0.2) is 4.68 Å². The summed E-state index contributed by atoms with van der Waals surface area (Å²) in [7, 11) is 0. The summed E-state index contributed by atoms with van der Waals surface area (Å²) >= 11 is 0. The number of hydrogen-bond donors (Lipinski definition) is 2. The van der Waals surface area contributed by atoms with Gasteiger partial charge in [0, 0.05) is 17.2 Å². The molecular weight excluding hydrogens is 448 g/mol. The average molecular weight is 475 g/mol. The van der Waals surface area contributed by atoms with Crippen molar-refractivity contribution in [2.45, 2.75) is 13.8 Å². The fraction of sp³-hybridized carbons (Fsp3) is 0.100. The monoisotopic (exact) mass is 474 g/mol. The molecular formula is C30H26N4O2. The van der Waals surface area contributed by atoms with Crippen LogP contribution in [0.15, 0.2) is 97.1 Å². The highest BCUT2D eigenvalue weighted by Crippen LogP contribution is 2.26. The van der Waals surface area contributed by atoms with Gasteiger partial charge >= 0.3 is 0 Å². The van der Waals surface area contributed by atoms with Gasteiger partial charge in [0.05, 0.1) is 17.9 Å². The Morgan fingerprint density at radius 3 is 2.33 bits per heavy atom. The second kappa shape index (κ2) is 9.88. The van der Waals surface area contributed by atoms with Gasteiger partial charge in [0.1, 0.15) is 5.82 Å². The molecule has 1 heterocycles. The van der Waals surface area contributed by atoms with Crippen molar-refractivity contribution < 1.29 is 9.59 Å². The molecule has 0 atom stereocenters. The van der Waals surface area contributed by atoms with Gasteiger partial charge in [0.25, 0.3) is 5.91 Å². The van der Waals surface area contributed by atoms with Crippen molar-refractivity contribution in [2.75, 3.05) is 11.9 Å². The van der Waals surface area contributed by atoms with E-state index in [0.717, 1.165) is 38.8 Å². The van der Waals surface area contributed by atoms with Crippen LogP contribution in [0.2, 0.25) is 0 Å². The van der Waals surface area contributed by atoms with Crippen LogP contribution in [0.3, 0.4) is 0 Å². The lowest BCUT2D eigenvalue weighted by Gasteiger charge is -2.12. The molecule has 0 radical (unpaired) electrons. The van der Waals surface area contributed by atoms with Gasteiger partial charge in [-0.2, -0.15) is 5.10 Å². The summed E-state index contributed by atoms with van der Waals surface area (Å²) < 4.78 is 1.74. The topological polar surface area (TPSA) is 76.0 Å². The highest BCUT2D eigenvalue weighted by atomic mass is 16.2. The molecule has 178 valence electrons. The quantitative estimate of drug-likeness (QED) is 0.333. The number of aromatic nitrogens is 2. The van der Waals surface area contributed by atoms with Gasteiger partial charge < -0.3 is 10.6 Å². The largest absolute Gasteiger partial charge is 0.343 e. The summed E-state index contributed by atoms with van der Waals surface area (Å²) in [4.78, 5) is 25.6. The first-order valence-corrected chi connectivity index (χ1v) is 11.8. The Morgan fingerprint density at radius 1 is 0.806 bits per heavy atom. The molecule has 4 aromatic carbocycles. The Kier molecular flexibility index (Phi) is 6.33. The molecule has 2 N–H and O–H groups in total. The lowest BCUT2D eigenvalue weighted by Crippen LogP contribution is -2.33. The molecule has 0 aliphatic heterocycles. The van der Waals surface area contributed by atoms with Crippen molar-refractivity contribution >= 4 is 28.4 Å². The summed E-state index contributed by atoms with van der Waals surface area (Å²) in [6.45, 7) is 3.89. The normalized spacial score (nSPS) is 10.8. The lowest BCUT2D eigenvalue weighted by atomic mass is 10.1. The highest BCUT2D eigenvalue weighted by molar-refractivity contribution is 6.01. The number of nitrogens with zero attached hydrogens (tertiary/aromatic N) is 2. The Labute approximate surface area is 209 Å². The summed E-state index contributed by atoms with van der Waals surface area (Å²) in [6.07, 6.45) is 0. The molecule has 0 unspecified atom stereocenters. The minimum Gasteiger partial charge on any atom is -0.343 e. The van der Waals surface area contributed by atoms with Crippen LogP contribution in [0.25, 0.3) is 27.7 Å². The first-order valence-electron chi connectivity index (χ1n) is 11.8. The van der Waals surface area contributed by atoms with Gasteiger partial charge in [-0.05, 0) is 48.4 Å². The molecule has 2 amide bonds. The Bertz CT molecular complexity index is 1570. The van der Waals surface area contributed by atoms with Crippen LogP contribution in [-0.4, -0.2) is 28.1 Å². The van der Waals surface area contributed by atoms with E-state index < -0.39 is 0 Å². The number of benzene rings is 4. The van der Waals surface area contributed by atoms with E-state index in [0.29, 0.717) is 11.4 Å². The van der Waals surface area contributed by atoms with Crippen LogP contribution >= 0.6 is 0 Å². The van der Waals surface area contributed by atoms with Crippen LogP contribution < -0.4 is 10.6 Å². The maximum Gasteiger partial charge on any atom is 0.251 e. The molecule has 1 aromatic heterocycles. The predicted octanol–water partition coefficient (Wildman–Crippen LogP) is 5.68. The van der Waals surface area contributed by atoms with Gasteiger partial charge in [-0.1, -0.05) is 78.4 Å². The molecule has 0 bridgehead atoms. The number of nitrogens with one attached hydrogen (secondary N) is 2. The highest BCUT2D eigenvalue weighted by Gasteiger charge is 2.16. The zero-order valence-corrected chi connectivity index (χ0v) is 20.2. The predicted molar refractivity (Wildman–Crippen MR) is 143 cm³/mol. The van der Waals surface area contributed by atoms with Crippen LogP contribution in [0, 0.1) is 13.8 Å². The van der Waals surface area contributed by atoms with E-state index in [1.807, 2.05) is 98.8 Å². The minimum absolute atomic E-state index is 0.162. The van der Waals surface area contributed by atoms with Crippen molar-refractivity contribution in [1.29, 1.82) is 0 Å². The SMILES string of the molecule is Cc1ccc(-n2nc(-c3ccccc3)cc2NC(=O)CNC(=O)c2ccc3ccccc3c2)c(C)c1. The third kappa shape index (κ3) is 4.88. The fourth-order valence-electron chi connectivity index (χ4n) is 4.23. The third-order valence-corrected chi connectivity index (χ3v) is 6.05. The molecule has 36 heavy (non-hydrogen) atoms. The number of fused-ring (bicyclic) bond motifs is 1. The molecule has 5 rings (SSSR count). The Morgan fingerprint density at radius 2 is 1.56 bits per heavy atom. The molecule has 0 saturated heterocycles. The number of anilines is 1. The van der Waals surface area contributed by atoms with Crippen molar-refractivity contribution in [1.82, 2.24) is 15.1 Å². The molecule has 0 saturated carbocycles. The number of amides is 2. The first-order chi connectivity index (χ1) is 17.5. The van der Waals surface area contributed by atoms with Crippen LogP contribution in [0.4, 0.5) is 5.82 Å². The van der Waals surface area contributed by atoms with E-state index in [-0.39, 0.29) is 18.4 Å². The zero-order chi connectivity index (χ0) is 25.1. The zero-order valence-electron chi connectivity index (χ0n) is 20.2. The van der Waals surface area contributed by atoms with E-state index >= 15 is 0 Å². The number of carbonyl (C=O) groups is 2. The smallest absolute Gasteiger partial charge is 0.251 e. The fourth-order valence-corrected chi connectivity index (χ4v) is 4.23. The third-order valence-electron chi connectivity index (χ3n) is 6.05. The maximum atomic E-state index is 12.9. The van der Waals surface area contributed by atoms with Gasteiger partial charge in [-0.15, -0.1) is 0 Å². The van der Waals surface area contributed by atoms with Gasteiger partial charge in [-0.3, -0.25) is 9.59 Å². The molecule has 0 fully saturated rings. The van der Waals surface area contributed by atoms with Gasteiger partial charge in [0.15, 0.2) is 0 Å². The minimum atomic E-state index is -0.338. The van der Waals surface area contributed by atoms with Crippen LogP contribution in [0.1, 0.15) is 21.5 Å². The van der Waals surface area contributed by atoms with Crippen LogP contribution in [-0.2, 0) is 4.79 Å². The van der Waals surface area contributed by atoms with Crippen molar-refractivity contribution in [3.8, 4) is 16.9 Å². The first kappa shape index (κ1) is 23.1. The molecule has 6 nitrogen and oxygen atoms in total. The molecule has 0 aliphatic rings. The Balaban J connectivity index is 1.36. The van der Waals surface area contributed by atoms with E-state index in [9.17, 15) is 9.59 Å². The second-order valence-electron chi connectivity index (χ2n) is 8.78. The van der Waals surface area contributed by atoms with E-state index in [2.05, 4.69) is 16.7 Å². The number of aryl methyl sites for hydroxylation is 2. The second-order valence-corrected chi connectivity index (χ2v) is 8.78. The number of hydrogen-bond acceptors (Lipinski definition) is 3. The van der Waals surface area contributed by atoms with E-state index in [4.69, 9.17) is 5.10 Å². The summed E-state index contributed by atoms with van der Waals surface area (Å²) in [5.74, 6) is -0.107. The Hall–Kier alpha value is -4.71. The molecule has 0 spiro atoms. The summed E-state index contributed by atoms with van der Waals surface area (Å²) in [5, 5.41) is 12.5. The molecule has 6 heteroatoms. The lowest BCUT2D eigenvalue weighted by molar-refractivity contribution is -0.115. The molecule has 5 aromatic rings. The molecule has 0 aliphatic carbocycles. The van der Waals surface area contributed by atoms with Crippen LogP contribution in [0.5, 0.6) is 0 Å².